The summed E-state index contributed by atoms with van der Waals surface area (Å²) in [5, 5.41) is 8.90. The number of para-hydroxylation sites is 1. The van der Waals surface area contributed by atoms with E-state index in [-0.39, 0.29) is 5.41 Å². The Morgan fingerprint density at radius 1 is 1.40 bits per heavy atom. The van der Waals surface area contributed by atoms with Crippen molar-refractivity contribution in [2.24, 2.45) is 5.41 Å². The normalized spacial score (nSPS) is 18.0. The first-order valence-corrected chi connectivity index (χ1v) is 4.86. The number of nitriles is 1. The lowest BCUT2D eigenvalue weighted by molar-refractivity contribution is 0.337. The van der Waals surface area contributed by atoms with E-state index in [1.54, 1.807) is 6.07 Å². The van der Waals surface area contributed by atoms with Crippen LogP contribution in [0.4, 0.5) is 17.1 Å². The third-order valence-corrected chi connectivity index (χ3v) is 2.81. The van der Waals surface area contributed by atoms with Crippen LogP contribution in [-0.2, 0) is 0 Å². The first-order valence-electron chi connectivity index (χ1n) is 4.86. The predicted molar refractivity (Wildman–Crippen MR) is 61.2 cm³/mol. The van der Waals surface area contributed by atoms with Crippen LogP contribution in [0.25, 0.3) is 0 Å². The Balaban J connectivity index is 2.21. The average molecular weight is 202 g/mol. The van der Waals surface area contributed by atoms with E-state index in [9.17, 15) is 0 Å². The summed E-state index contributed by atoms with van der Waals surface area (Å²) in [6.07, 6.45) is 0. The average Bonchev–Trinajstić information content (AvgIpc) is 2.18. The fourth-order valence-corrected chi connectivity index (χ4v) is 1.88. The molecule has 0 radical (unpaired) electrons. The van der Waals surface area contributed by atoms with E-state index in [0.717, 1.165) is 18.8 Å². The second-order valence-corrected chi connectivity index (χ2v) is 4.31. The third-order valence-electron chi connectivity index (χ3n) is 2.81. The smallest absolute Gasteiger partial charge is 0.0894 e. The highest BCUT2D eigenvalue weighted by atomic mass is 15.2. The Labute approximate surface area is 89.1 Å². The molecule has 2 rings (SSSR count). The molecule has 1 aliphatic heterocycles. The quantitative estimate of drug-likeness (QED) is 0.671. The predicted octanol–water partition coefficient (Wildman–Crippen LogP) is 1.20. The van der Waals surface area contributed by atoms with Crippen LogP contribution in [-0.4, -0.2) is 13.1 Å². The molecular formula is C11H14N4. The van der Waals surface area contributed by atoms with Crippen molar-refractivity contribution in [1.82, 2.24) is 0 Å². The molecule has 4 heteroatoms. The van der Waals surface area contributed by atoms with Gasteiger partial charge in [-0.1, -0.05) is 6.07 Å². The lowest BCUT2D eigenvalue weighted by Crippen LogP contribution is -2.54. The van der Waals surface area contributed by atoms with Gasteiger partial charge in [0, 0.05) is 13.1 Å². The molecule has 1 aliphatic rings. The van der Waals surface area contributed by atoms with Gasteiger partial charge in [-0.25, -0.2) is 0 Å². The van der Waals surface area contributed by atoms with Crippen molar-refractivity contribution < 1.29 is 0 Å². The van der Waals surface area contributed by atoms with Crippen molar-refractivity contribution in [1.29, 1.82) is 5.26 Å². The molecule has 78 valence electrons. The molecule has 1 saturated heterocycles. The van der Waals surface area contributed by atoms with Crippen molar-refractivity contribution in [3.8, 4) is 6.07 Å². The minimum Gasteiger partial charge on any atom is -0.397 e. The lowest BCUT2D eigenvalue weighted by Gasteiger charge is -2.45. The summed E-state index contributed by atoms with van der Waals surface area (Å²) >= 11 is 0. The van der Waals surface area contributed by atoms with E-state index in [2.05, 4.69) is 11.0 Å². The summed E-state index contributed by atoms with van der Waals surface area (Å²) < 4.78 is 0. The number of nitrogen functional groups attached to an aromatic ring is 2. The topological polar surface area (TPSA) is 79.1 Å². The number of nitrogens with zero attached hydrogens (tertiary/aromatic N) is 2. The lowest BCUT2D eigenvalue weighted by atomic mass is 9.83. The number of hydrogen-bond acceptors (Lipinski definition) is 4. The largest absolute Gasteiger partial charge is 0.397 e. The molecule has 0 aromatic heterocycles. The fraction of sp³-hybridized carbons (Fsp3) is 0.364. The Bertz CT molecular complexity index is 427. The third kappa shape index (κ3) is 1.46. The summed E-state index contributed by atoms with van der Waals surface area (Å²) in [4.78, 5) is 2.08. The van der Waals surface area contributed by atoms with Crippen molar-refractivity contribution in [3.05, 3.63) is 18.2 Å². The van der Waals surface area contributed by atoms with Gasteiger partial charge >= 0.3 is 0 Å². The summed E-state index contributed by atoms with van der Waals surface area (Å²) in [6.45, 7) is 3.39. The molecule has 1 fully saturated rings. The van der Waals surface area contributed by atoms with Gasteiger partial charge in [-0.05, 0) is 19.1 Å². The first kappa shape index (κ1) is 9.66. The number of anilines is 3. The molecule has 0 atom stereocenters. The second-order valence-electron chi connectivity index (χ2n) is 4.31. The van der Waals surface area contributed by atoms with Gasteiger partial charge in [-0.3, -0.25) is 0 Å². The highest BCUT2D eigenvalue weighted by molar-refractivity contribution is 5.80. The zero-order valence-corrected chi connectivity index (χ0v) is 8.70. The minimum atomic E-state index is -0.239. The number of nitrogens with two attached hydrogens (primary N) is 2. The molecule has 1 aromatic rings. The van der Waals surface area contributed by atoms with Gasteiger partial charge in [0.2, 0.25) is 0 Å². The molecule has 0 saturated carbocycles. The minimum absolute atomic E-state index is 0.239. The van der Waals surface area contributed by atoms with E-state index in [1.807, 2.05) is 19.1 Å². The molecule has 0 aliphatic carbocycles. The molecule has 1 heterocycles. The van der Waals surface area contributed by atoms with Crippen LogP contribution in [0.15, 0.2) is 18.2 Å². The molecule has 0 bridgehead atoms. The molecule has 4 nitrogen and oxygen atoms in total. The van der Waals surface area contributed by atoms with E-state index in [0.29, 0.717) is 11.4 Å². The highest BCUT2D eigenvalue weighted by Crippen LogP contribution is 2.37. The van der Waals surface area contributed by atoms with Gasteiger partial charge in [0.15, 0.2) is 0 Å². The highest BCUT2D eigenvalue weighted by Gasteiger charge is 2.39. The number of hydrogen-bond donors (Lipinski definition) is 2. The van der Waals surface area contributed by atoms with Gasteiger partial charge in [0.05, 0.1) is 28.5 Å². The SMILES string of the molecule is CC1(C#N)CN(c2cccc(N)c2N)C1. The molecule has 4 N–H and O–H groups in total. The Kier molecular flexibility index (Phi) is 1.97. The Morgan fingerprint density at radius 3 is 2.67 bits per heavy atom. The zero-order valence-electron chi connectivity index (χ0n) is 8.70. The molecule has 15 heavy (non-hydrogen) atoms. The maximum absolute atomic E-state index is 8.90. The maximum Gasteiger partial charge on any atom is 0.0894 e. The van der Waals surface area contributed by atoms with Crippen molar-refractivity contribution >= 4 is 17.1 Å². The van der Waals surface area contributed by atoms with E-state index >= 15 is 0 Å². The van der Waals surface area contributed by atoms with E-state index in [4.69, 9.17) is 16.7 Å². The van der Waals surface area contributed by atoms with Crippen LogP contribution in [0.3, 0.4) is 0 Å². The monoisotopic (exact) mass is 202 g/mol. The molecule has 0 amide bonds. The molecular weight excluding hydrogens is 188 g/mol. The van der Waals surface area contributed by atoms with Gasteiger partial charge in [-0.2, -0.15) is 5.26 Å². The van der Waals surface area contributed by atoms with Gasteiger partial charge in [-0.15, -0.1) is 0 Å². The van der Waals surface area contributed by atoms with E-state index < -0.39 is 0 Å². The Hall–Kier alpha value is -1.89. The van der Waals surface area contributed by atoms with Crippen molar-refractivity contribution in [2.45, 2.75) is 6.92 Å². The first-order chi connectivity index (χ1) is 7.06. The standard InChI is InChI=1S/C11H14N4/c1-11(5-12)6-15(7-11)9-4-2-3-8(13)10(9)14/h2-4H,6-7,13-14H2,1H3. The summed E-state index contributed by atoms with van der Waals surface area (Å²) in [5.41, 5.74) is 13.5. The zero-order chi connectivity index (χ0) is 11.1. The van der Waals surface area contributed by atoms with Crippen LogP contribution in [0.5, 0.6) is 0 Å². The summed E-state index contributed by atoms with van der Waals surface area (Å²) in [5.74, 6) is 0. The fourth-order valence-electron chi connectivity index (χ4n) is 1.88. The Morgan fingerprint density at radius 2 is 2.07 bits per heavy atom. The van der Waals surface area contributed by atoms with Crippen LogP contribution >= 0.6 is 0 Å². The molecule has 1 aromatic carbocycles. The van der Waals surface area contributed by atoms with Crippen molar-refractivity contribution in [2.75, 3.05) is 29.5 Å². The molecule has 0 spiro atoms. The summed E-state index contributed by atoms with van der Waals surface area (Å²) in [6, 6.07) is 7.89. The van der Waals surface area contributed by atoms with Gasteiger partial charge < -0.3 is 16.4 Å². The van der Waals surface area contributed by atoms with Crippen molar-refractivity contribution in [3.63, 3.8) is 0 Å². The van der Waals surface area contributed by atoms with Gasteiger partial charge in [0.25, 0.3) is 0 Å². The van der Waals surface area contributed by atoms with Crippen LogP contribution in [0.1, 0.15) is 6.92 Å². The van der Waals surface area contributed by atoms with Crippen LogP contribution < -0.4 is 16.4 Å². The van der Waals surface area contributed by atoms with Crippen LogP contribution in [0.2, 0.25) is 0 Å². The number of rotatable bonds is 1. The number of benzene rings is 1. The second kappa shape index (κ2) is 3.06. The van der Waals surface area contributed by atoms with Gasteiger partial charge in [0.1, 0.15) is 0 Å². The van der Waals surface area contributed by atoms with Crippen LogP contribution in [0, 0.1) is 16.7 Å². The summed E-state index contributed by atoms with van der Waals surface area (Å²) in [7, 11) is 0. The maximum atomic E-state index is 8.90. The molecule has 0 unspecified atom stereocenters. The van der Waals surface area contributed by atoms with E-state index in [1.165, 1.54) is 0 Å².